The van der Waals surface area contributed by atoms with Crippen molar-refractivity contribution in [1.82, 2.24) is 19.9 Å². The smallest absolute Gasteiger partial charge is 0.232 e. The van der Waals surface area contributed by atoms with Crippen molar-refractivity contribution in [1.29, 1.82) is 0 Å². The van der Waals surface area contributed by atoms with E-state index in [2.05, 4.69) is 42.3 Å². The molecule has 0 amide bonds. The van der Waals surface area contributed by atoms with Crippen molar-refractivity contribution in [3.8, 4) is 0 Å². The average Bonchev–Trinajstić information content (AvgIpc) is 3.37. The number of halogens is 1. The minimum Gasteiger partial charge on any atom is -0.367 e. The molecular weight excluding hydrogens is 507 g/mol. The third-order valence-corrected chi connectivity index (χ3v) is 7.97. The van der Waals surface area contributed by atoms with Gasteiger partial charge in [0.05, 0.1) is 28.7 Å². The Bertz CT molecular complexity index is 1550. The number of nitrogens with zero attached hydrogens (tertiary/aromatic N) is 5. The number of rotatable bonds is 8. The molecule has 5 rings (SSSR count). The highest BCUT2D eigenvalue weighted by molar-refractivity contribution is 7.92. The molecule has 0 saturated carbocycles. The molecule has 200 valence electrons. The predicted octanol–water partition coefficient (Wildman–Crippen LogP) is 4.12. The normalized spacial score (nSPS) is 14.6. The summed E-state index contributed by atoms with van der Waals surface area (Å²) in [5, 5.41) is 7.08. The molecule has 1 aliphatic heterocycles. The van der Waals surface area contributed by atoms with Gasteiger partial charge in [-0.25, -0.2) is 12.8 Å². The fourth-order valence-corrected chi connectivity index (χ4v) is 5.04. The Kier molecular flexibility index (Phi) is 7.09. The van der Waals surface area contributed by atoms with Gasteiger partial charge in [0.1, 0.15) is 17.3 Å². The molecule has 2 aromatic heterocycles. The summed E-state index contributed by atoms with van der Waals surface area (Å²) >= 11 is 0. The van der Waals surface area contributed by atoms with E-state index in [-0.39, 0.29) is 11.8 Å². The van der Waals surface area contributed by atoms with Crippen molar-refractivity contribution in [2.45, 2.75) is 6.92 Å². The summed E-state index contributed by atoms with van der Waals surface area (Å²) in [6.45, 7) is 6.54. The second-order valence-corrected chi connectivity index (χ2v) is 11.2. The molecule has 1 saturated heterocycles. The Hall–Kier alpha value is -3.90. The molecule has 1 fully saturated rings. The van der Waals surface area contributed by atoms with E-state index < -0.39 is 10.0 Å². The third-order valence-electron chi connectivity index (χ3n) is 6.77. The third kappa shape index (κ3) is 5.36. The highest BCUT2D eigenvalue weighted by Gasteiger charge is 2.20. The van der Waals surface area contributed by atoms with Crippen LogP contribution in [0, 0.1) is 5.82 Å². The van der Waals surface area contributed by atoms with E-state index in [0.29, 0.717) is 34.2 Å². The van der Waals surface area contributed by atoms with Crippen LogP contribution in [-0.4, -0.2) is 74.3 Å². The molecule has 0 radical (unpaired) electrons. The number of piperazine rings is 1. The van der Waals surface area contributed by atoms with Crippen LogP contribution in [0.5, 0.6) is 0 Å². The molecule has 0 unspecified atom stereocenters. The fraction of sp³-hybridized carbons (Fsp3) is 0.308. The Labute approximate surface area is 221 Å². The van der Waals surface area contributed by atoms with Crippen LogP contribution >= 0.6 is 0 Å². The fourth-order valence-electron chi connectivity index (χ4n) is 4.53. The molecular formula is C26H31FN8O2S. The first-order valence-electron chi connectivity index (χ1n) is 12.4. The van der Waals surface area contributed by atoms with E-state index in [1.165, 1.54) is 17.4 Å². The second kappa shape index (κ2) is 10.5. The lowest BCUT2D eigenvalue weighted by Crippen LogP contribution is -2.46. The number of H-pyrrole nitrogens is 1. The van der Waals surface area contributed by atoms with Gasteiger partial charge in [-0.05, 0) is 42.9 Å². The first-order valence-corrected chi connectivity index (χ1v) is 14.3. The second-order valence-electron chi connectivity index (χ2n) is 9.22. The summed E-state index contributed by atoms with van der Waals surface area (Å²) < 4.78 is 40.6. The molecule has 2 aromatic carbocycles. The number of anilines is 6. The number of benzene rings is 2. The molecule has 3 heterocycles. The van der Waals surface area contributed by atoms with E-state index in [4.69, 9.17) is 0 Å². The summed E-state index contributed by atoms with van der Waals surface area (Å²) in [6, 6.07) is 13.9. The van der Waals surface area contributed by atoms with Gasteiger partial charge in [-0.3, -0.25) is 4.31 Å². The quantitative estimate of drug-likeness (QED) is 0.307. The van der Waals surface area contributed by atoms with Gasteiger partial charge in [-0.2, -0.15) is 9.97 Å². The van der Waals surface area contributed by atoms with E-state index in [0.717, 1.165) is 44.4 Å². The monoisotopic (exact) mass is 538 g/mol. The van der Waals surface area contributed by atoms with Crippen LogP contribution in [0.15, 0.2) is 54.7 Å². The van der Waals surface area contributed by atoms with Gasteiger partial charge < -0.3 is 25.4 Å². The molecule has 1 aliphatic rings. The molecule has 10 nitrogen and oxygen atoms in total. The van der Waals surface area contributed by atoms with Gasteiger partial charge in [-0.1, -0.05) is 19.1 Å². The van der Waals surface area contributed by atoms with Gasteiger partial charge in [0.15, 0.2) is 0 Å². The number of sulfonamides is 1. The minimum atomic E-state index is -3.47. The van der Waals surface area contributed by atoms with Crippen molar-refractivity contribution in [3.63, 3.8) is 0 Å². The van der Waals surface area contributed by atoms with Crippen molar-refractivity contribution in [2.75, 3.05) is 65.9 Å². The van der Waals surface area contributed by atoms with Crippen LogP contribution in [0.1, 0.15) is 6.92 Å². The Morgan fingerprint density at radius 1 is 1.05 bits per heavy atom. The van der Waals surface area contributed by atoms with Gasteiger partial charge in [0.2, 0.25) is 16.0 Å². The maximum atomic E-state index is 15.1. The molecule has 0 aliphatic carbocycles. The van der Waals surface area contributed by atoms with E-state index in [1.54, 1.807) is 30.5 Å². The first kappa shape index (κ1) is 25.7. The number of hydrogen-bond donors (Lipinski definition) is 3. The number of aromatic amines is 1. The summed E-state index contributed by atoms with van der Waals surface area (Å²) in [6.07, 6.45) is 2.89. The number of likely N-dealkylation sites (N-methyl/N-ethyl adjacent to an activating group) is 1. The van der Waals surface area contributed by atoms with E-state index >= 15 is 4.39 Å². The maximum Gasteiger partial charge on any atom is 0.232 e. The Morgan fingerprint density at radius 3 is 2.53 bits per heavy atom. The summed E-state index contributed by atoms with van der Waals surface area (Å²) in [7, 11) is -1.97. The van der Waals surface area contributed by atoms with Crippen LogP contribution in [-0.2, 0) is 10.0 Å². The van der Waals surface area contributed by atoms with Crippen LogP contribution in [0.3, 0.4) is 0 Å². The average molecular weight is 539 g/mol. The predicted molar refractivity (Wildman–Crippen MR) is 151 cm³/mol. The molecule has 3 N–H and O–H groups in total. The molecule has 0 spiro atoms. The lowest BCUT2D eigenvalue weighted by molar-refractivity contribution is 0.270. The van der Waals surface area contributed by atoms with Crippen molar-refractivity contribution >= 4 is 55.6 Å². The van der Waals surface area contributed by atoms with E-state index in [9.17, 15) is 8.42 Å². The standard InChI is InChI=1S/C26H31FN8O2S/c1-4-34-13-15-35(16-14-34)22-10-9-18(17-20(22)27)29-26-31-24-19(11-12-28-24)25(32-26)30-21-7-5-6-8-23(21)33(2)38(3,36)37/h5-12,17H,4,13-16H2,1-3H3,(H3,28,29,30,31,32). The molecule has 12 heteroatoms. The number of aromatic nitrogens is 3. The summed E-state index contributed by atoms with van der Waals surface area (Å²) in [5.74, 6) is 0.427. The van der Waals surface area contributed by atoms with Crippen LogP contribution in [0.2, 0.25) is 0 Å². The van der Waals surface area contributed by atoms with Crippen molar-refractivity contribution < 1.29 is 12.8 Å². The lowest BCUT2D eigenvalue weighted by Gasteiger charge is -2.35. The van der Waals surface area contributed by atoms with Gasteiger partial charge in [-0.15, -0.1) is 0 Å². The summed E-state index contributed by atoms with van der Waals surface area (Å²) in [5.41, 5.74) is 2.72. The topological polar surface area (TPSA) is 109 Å². The van der Waals surface area contributed by atoms with E-state index in [1.807, 2.05) is 18.2 Å². The van der Waals surface area contributed by atoms with Crippen molar-refractivity contribution in [3.05, 3.63) is 60.5 Å². The molecule has 0 bridgehead atoms. The Morgan fingerprint density at radius 2 is 1.82 bits per heavy atom. The highest BCUT2D eigenvalue weighted by atomic mass is 32.2. The zero-order valence-electron chi connectivity index (χ0n) is 21.6. The van der Waals surface area contributed by atoms with Crippen LogP contribution in [0.4, 0.5) is 38.9 Å². The van der Waals surface area contributed by atoms with Crippen molar-refractivity contribution in [2.24, 2.45) is 0 Å². The maximum absolute atomic E-state index is 15.1. The summed E-state index contributed by atoms with van der Waals surface area (Å²) in [4.78, 5) is 16.7. The number of fused-ring (bicyclic) bond motifs is 1. The highest BCUT2D eigenvalue weighted by Crippen LogP contribution is 2.32. The molecule has 38 heavy (non-hydrogen) atoms. The minimum absolute atomic E-state index is 0.264. The number of nitrogens with one attached hydrogen (secondary N) is 3. The SMILES string of the molecule is CCN1CCN(c2ccc(Nc3nc(Nc4ccccc4N(C)S(C)(=O)=O)c4cc[nH]c4n3)cc2F)CC1. The number of hydrogen-bond acceptors (Lipinski definition) is 8. The zero-order chi connectivity index (χ0) is 26.9. The lowest BCUT2D eigenvalue weighted by atomic mass is 10.2. The first-order chi connectivity index (χ1) is 18.2. The Balaban J connectivity index is 1.41. The zero-order valence-corrected chi connectivity index (χ0v) is 22.4. The van der Waals surface area contributed by atoms with Crippen LogP contribution in [0.25, 0.3) is 11.0 Å². The van der Waals surface area contributed by atoms with Gasteiger partial charge in [0.25, 0.3) is 0 Å². The molecule has 4 aromatic rings. The largest absolute Gasteiger partial charge is 0.367 e. The van der Waals surface area contributed by atoms with Crippen LogP contribution < -0.4 is 19.8 Å². The molecule has 0 atom stereocenters. The van der Waals surface area contributed by atoms with Gasteiger partial charge >= 0.3 is 0 Å². The van der Waals surface area contributed by atoms with Gasteiger partial charge in [0, 0.05) is 45.1 Å². The number of para-hydroxylation sites is 2.